The number of hydrogen-bond donors (Lipinski definition) is 3. The molecule has 1 aromatic heterocycles. The highest BCUT2D eigenvalue weighted by Crippen LogP contribution is 2.24. The fourth-order valence-corrected chi connectivity index (χ4v) is 3.35. The van der Waals surface area contributed by atoms with Gasteiger partial charge in [-0.25, -0.2) is 10.3 Å². The number of aromatic amines is 1. The van der Waals surface area contributed by atoms with Gasteiger partial charge in [-0.2, -0.15) is 12.6 Å². The normalized spacial score (nSPS) is 13.7. The monoisotopic (exact) mass is 498 g/mol. The number of thiol groups is 1. The van der Waals surface area contributed by atoms with Gasteiger partial charge in [-0.15, -0.1) is 0 Å². The summed E-state index contributed by atoms with van der Waals surface area (Å²) in [6, 6.07) is 13.4. The standard InChI is InChI=1S/C21H18N6O6.CH4S/c1-22-19(24-32-12-28)13-2-6-15(7-3-13)26-10-18(30)27(11-17(26)29)16-8-4-14(5-9-16)20-23-21(31)33-25-20;1-2/h2-9,12H,10-11H2,1H3,(H,22,24)(H,23,25,31);2H,1H3. The molecule has 2 heterocycles. The summed E-state index contributed by atoms with van der Waals surface area (Å²) in [4.78, 5) is 60.8. The molecule has 0 radical (unpaired) electrons. The van der Waals surface area contributed by atoms with Crippen LogP contribution in [0.5, 0.6) is 0 Å². The van der Waals surface area contributed by atoms with Gasteiger partial charge in [-0.05, 0) is 54.8 Å². The number of amides is 2. The molecule has 4 rings (SSSR count). The molecule has 0 saturated carbocycles. The molecule has 0 bridgehead atoms. The molecule has 35 heavy (non-hydrogen) atoms. The van der Waals surface area contributed by atoms with Gasteiger partial charge in [-0.1, -0.05) is 5.16 Å². The number of nitrogens with one attached hydrogen (secondary N) is 2. The maximum Gasteiger partial charge on any atom is 0.439 e. The minimum absolute atomic E-state index is 0.127. The number of piperazine rings is 1. The van der Waals surface area contributed by atoms with E-state index in [9.17, 15) is 19.2 Å². The van der Waals surface area contributed by atoms with E-state index in [0.29, 0.717) is 28.3 Å². The number of benzene rings is 2. The molecule has 3 aromatic rings. The van der Waals surface area contributed by atoms with Crippen molar-refractivity contribution in [2.45, 2.75) is 0 Å². The Hall–Kier alpha value is -4.39. The highest BCUT2D eigenvalue weighted by Gasteiger charge is 2.31. The Morgan fingerprint density at radius 1 is 1.03 bits per heavy atom. The molecular formula is C22H22N6O6S. The molecule has 2 N–H and O–H groups in total. The molecule has 1 aliphatic rings. The van der Waals surface area contributed by atoms with Crippen LogP contribution in [-0.4, -0.2) is 60.7 Å². The van der Waals surface area contributed by atoms with Crippen LogP contribution in [0.2, 0.25) is 0 Å². The van der Waals surface area contributed by atoms with Gasteiger partial charge in [0.25, 0.3) is 0 Å². The first kappa shape index (κ1) is 25.2. The van der Waals surface area contributed by atoms with Crippen LogP contribution in [0, 0.1) is 0 Å². The van der Waals surface area contributed by atoms with Crippen molar-refractivity contribution >= 4 is 48.1 Å². The molecule has 1 aliphatic heterocycles. The van der Waals surface area contributed by atoms with Crippen LogP contribution in [0.4, 0.5) is 11.4 Å². The second kappa shape index (κ2) is 11.7. The highest BCUT2D eigenvalue weighted by atomic mass is 32.1. The Kier molecular flexibility index (Phi) is 8.40. The van der Waals surface area contributed by atoms with Crippen LogP contribution < -0.4 is 21.0 Å². The van der Waals surface area contributed by atoms with Crippen molar-refractivity contribution < 1.29 is 23.7 Å². The molecule has 0 aliphatic carbocycles. The summed E-state index contributed by atoms with van der Waals surface area (Å²) in [7, 11) is 1.53. The Bertz CT molecular complexity index is 1270. The maximum absolute atomic E-state index is 12.8. The molecule has 0 atom stereocenters. The molecular weight excluding hydrogens is 476 g/mol. The Balaban J connectivity index is 0.00000167. The van der Waals surface area contributed by atoms with Crippen molar-refractivity contribution in [2.24, 2.45) is 4.99 Å². The van der Waals surface area contributed by atoms with Gasteiger partial charge in [0, 0.05) is 29.5 Å². The Labute approximate surface area is 204 Å². The fraction of sp³-hybridized carbons (Fsp3) is 0.182. The second-order valence-corrected chi connectivity index (χ2v) is 6.89. The van der Waals surface area contributed by atoms with Crippen molar-refractivity contribution in [2.75, 3.05) is 36.2 Å². The highest BCUT2D eigenvalue weighted by molar-refractivity contribution is 7.79. The summed E-state index contributed by atoms with van der Waals surface area (Å²) >= 11 is 3.53. The third kappa shape index (κ3) is 5.76. The van der Waals surface area contributed by atoms with Gasteiger partial charge in [0.15, 0.2) is 11.7 Å². The molecule has 1 saturated heterocycles. The van der Waals surface area contributed by atoms with Crippen molar-refractivity contribution in [1.82, 2.24) is 15.6 Å². The van der Waals surface area contributed by atoms with Crippen molar-refractivity contribution in [3.8, 4) is 11.4 Å². The van der Waals surface area contributed by atoms with Crippen LogP contribution >= 0.6 is 12.6 Å². The maximum atomic E-state index is 12.8. The number of anilines is 2. The SMILES string of the molecule is CN=C(NOC=O)c1ccc(N2CC(=O)N(c3ccc(-c4noc(=O)[nH]4)cc3)CC2=O)cc1.CS. The minimum atomic E-state index is -0.664. The van der Waals surface area contributed by atoms with Gasteiger partial charge < -0.3 is 14.6 Å². The summed E-state index contributed by atoms with van der Waals surface area (Å²) in [6.45, 7) is -0.0130. The molecule has 2 amide bonds. The lowest BCUT2D eigenvalue weighted by molar-refractivity contribution is -0.132. The average Bonchev–Trinajstić information content (AvgIpc) is 3.33. The summed E-state index contributed by atoms with van der Waals surface area (Å²) in [5.41, 5.74) is 4.73. The summed E-state index contributed by atoms with van der Waals surface area (Å²) in [5.74, 6) is -0.564. The predicted octanol–water partition coefficient (Wildman–Crippen LogP) is 1.01. The largest absolute Gasteiger partial charge is 0.439 e. The number of hydroxylamine groups is 1. The van der Waals surface area contributed by atoms with E-state index in [1.165, 1.54) is 16.8 Å². The smallest absolute Gasteiger partial charge is 0.345 e. The predicted molar refractivity (Wildman–Crippen MR) is 131 cm³/mol. The van der Waals surface area contributed by atoms with Crippen molar-refractivity contribution in [3.05, 3.63) is 64.6 Å². The number of hydrogen-bond acceptors (Lipinski definition) is 9. The van der Waals surface area contributed by atoms with Crippen LogP contribution in [0.1, 0.15) is 5.56 Å². The third-order valence-corrected chi connectivity index (χ3v) is 4.96. The Morgan fingerprint density at radius 3 is 2.03 bits per heavy atom. The van der Waals surface area contributed by atoms with Crippen LogP contribution in [0.15, 0.2) is 62.8 Å². The number of rotatable bonds is 6. The van der Waals surface area contributed by atoms with E-state index >= 15 is 0 Å². The van der Waals surface area contributed by atoms with Crippen LogP contribution in [-0.2, 0) is 19.2 Å². The van der Waals surface area contributed by atoms with E-state index in [2.05, 4.69) is 42.6 Å². The Morgan fingerprint density at radius 2 is 1.57 bits per heavy atom. The van der Waals surface area contributed by atoms with E-state index in [1.54, 1.807) is 54.8 Å². The lowest BCUT2D eigenvalue weighted by Gasteiger charge is -2.34. The van der Waals surface area contributed by atoms with E-state index in [0.717, 1.165) is 0 Å². The first-order valence-corrected chi connectivity index (χ1v) is 11.0. The first-order valence-electron chi connectivity index (χ1n) is 10.1. The van der Waals surface area contributed by atoms with Gasteiger partial charge >= 0.3 is 12.2 Å². The first-order chi connectivity index (χ1) is 17.0. The lowest BCUT2D eigenvalue weighted by atomic mass is 10.1. The zero-order valence-corrected chi connectivity index (χ0v) is 19.7. The topological polar surface area (TPSA) is 150 Å². The molecule has 182 valence electrons. The number of aliphatic imine (C=N–C) groups is 1. The summed E-state index contributed by atoms with van der Waals surface area (Å²) in [6.07, 6.45) is 1.69. The fourth-order valence-electron chi connectivity index (χ4n) is 3.35. The van der Waals surface area contributed by atoms with Gasteiger partial charge in [-0.3, -0.25) is 28.9 Å². The zero-order chi connectivity index (χ0) is 25.4. The molecule has 13 heteroatoms. The number of carbonyl (C=O) groups excluding carboxylic acids is 3. The van der Waals surface area contributed by atoms with E-state index in [4.69, 9.17) is 0 Å². The van der Waals surface area contributed by atoms with Crippen LogP contribution in [0.3, 0.4) is 0 Å². The molecule has 12 nitrogen and oxygen atoms in total. The van der Waals surface area contributed by atoms with Crippen molar-refractivity contribution in [3.63, 3.8) is 0 Å². The van der Waals surface area contributed by atoms with Gasteiger partial charge in [0.1, 0.15) is 13.1 Å². The van der Waals surface area contributed by atoms with Gasteiger partial charge in [0.2, 0.25) is 11.8 Å². The van der Waals surface area contributed by atoms with Gasteiger partial charge in [0.05, 0.1) is 0 Å². The van der Waals surface area contributed by atoms with E-state index < -0.39 is 5.76 Å². The zero-order valence-electron chi connectivity index (χ0n) is 18.8. The average molecular weight is 499 g/mol. The van der Waals surface area contributed by atoms with Crippen molar-refractivity contribution in [1.29, 1.82) is 0 Å². The minimum Gasteiger partial charge on any atom is -0.345 e. The number of aromatic nitrogens is 2. The summed E-state index contributed by atoms with van der Waals surface area (Å²) < 4.78 is 4.49. The quantitative estimate of drug-likeness (QED) is 0.150. The van der Waals surface area contributed by atoms with Crippen LogP contribution in [0.25, 0.3) is 11.4 Å². The third-order valence-electron chi connectivity index (χ3n) is 4.96. The second-order valence-electron chi connectivity index (χ2n) is 6.89. The van der Waals surface area contributed by atoms with E-state index in [1.807, 2.05) is 0 Å². The number of nitrogens with zero attached hydrogens (tertiary/aromatic N) is 4. The number of amidine groups is 1. The van der Waals surface area contributed by atoms with E-state index in [-0.39, 0.29) is 37.2 Å². The molecule has 2 aromatic carbocycles. The molecule has 1 fully saturated rings. The summed E-state index contributed by atoms with van der Waals surface area (Å²) in [5, 5.41) is 3.62. The molecule has 0 unspecified atom stereocenters. The lowest BCUT2D eigenvalue weighted by Crippen LogP contribution is -2.54. The molecule has 0 spiro atoms. The number of H-pyrrole nitrogens is 1. The number of carbonyl (C=O) groups is 3.